The van der Waals surface area contributed by atoms with Crippen LogP contribution in [0.1, 0.15) is 17.2 Å². The quantitative estimate of drug-likeness (QED) is 0.888. The highest BCUT2D eigenvalue weighted by Gasteiger charge is 2.09. The first-order valence-electron chi connectivity index (χ1n) is 5.94. The molecule has 0 bridgehead atoms. The molecule has 0 saturated heterocycles. The molecule has 3 heteroatoms. The first-order chi connectivity index (χ1) is 8.81. The second-order valence-corrected chi connectivity index (χ2v) is 4.97. The average molecular weight is 306 g/mol. The van der Waals surface area contributed by atoms with Gasteiger partial charge in [-0.2, -0.15) is 0 Å². The molecule has 2 rings (SSSR count). The lowest BCUT2D eigenvalue weighted by molar-refractivity contribution is 0.243. The fraction of sp³-hybridized carbons (Fsp3) is 0.200. The molecule has 2 aromatic carbocycles. The van der Waals surface area contributed by atoms with Crippen LogP contribution in [0, 0.1) is 0 Å². The largest absolute Gasteiger partial charge is 0.394 e. The minimum Gasteiger partial charge on any atom is -0.394 e. The number of aliphatic hydroxyl groups excluding tert-OH is 1. The third-order valence-electron chi connectivity index (χ3n) is 2.88. The second-order valence-electron chi connectivity index (χ2n) is 4.12. The Bertz CT molecular complexity index is 487. The molecule has 18 heavy (non-hydrogen) atoms. The van der Waals surface area contributed by atoms with E-state index in [1.54, 1.807) is 0 Å². The Kier molecular flexibility index (Phi) is 4.93. The highest BCUT2D eigenvalue weighted by molar-refractivity contribution is 9.10. The van der Waals surface area contributed by atoms with Crippen molar-refractivity contribution in [2.45, 2.75) is 12.6 Å². The van der Waals surface area contributed by atoms with Crippen LogP contribution in [0.5, 0.6) is 0 Å². The minimum absolute atomic E-state index is 0.0293. The van der Waals surface area contributed by atoms with Crippen molar-refractivity contribution in [3.8, 4) is 0 Å². The van der Waals surface area contributed by atoms with Gasteiger partial charge in [-0.15, -0.1) is 0 Å². The Balaban J connectivity index is 2.02. The van der Waals surface area contributed by atoms with Crippen LogP contribution in [-0.4, -0.2) is 11.7 Å². The average Bonchev–Trinajstić information content (AvgIpc) is 2.42. The maximum absolute atomic E-state index is 9.45. The van der Waals surface area contributed by atoms with Crippen molar-refractivity contribution < 1.29 is 5.11 Å². The number of halogens is 1. The standard InChI is InChI=1S/C15H16BrNO/c16-14-9-5-4-8-13(14)10-17-15(11-18)12-6-2-1-3-7-12/h1-9,15,17-18H,10-11H2/t15-/m0/s1. The van der Waals surface area contributed by atoms with Gasteiger partial charge in [-0.1, -0.05) is 64.5 Å². The molecule has 2 aromatic rings. The molecule has 0 fully saturated rings. The fourth-order valence-corrected chi connectivity index (χ4v) is 2.27. The van der Waals surface area contributed by atoms with E-state index >= 15 is 0 Å². The SMILES string of the molecule is OC[C@H](NCc1ccccc1Br)c1ccccc1. The summed E-state index contributed by atoms with van der Waals surface area (Å²) in [5, 5.41) is 12.8. The Hall–Kier alpha value is -1.16. The van der Waals surface area contributed by atoms with Gasteiger partial charge in [0.15, 0.2) is 0 Å². The molecular formula is C15H16BrNO. The highest BCUT2D eigenvalue weighted by atomic mass is 79.9. The Morgan fingerprint density at radius 3 is 2.33 bits per heavy atom. The van der Waals surface area contributed by atoms with Crippen molar-refractivity contribution in [1.82, 2.24) is 5.32 Å². The van der Waals surface area contributed by atoms with E-state index in [1.165, 1.54) is 5.56 Å². The summed E-state index contributed by atoms with van der Waals surface area (Å²) in [6.07, 6.45) is 0. The third kappa shape index (κ3) is 3.42. The topological polar surface area (TPSA) is 32.3 Å². The maximum atomic E-state index is 9.45. The van der Waals surface area contributed by atoms with Crippen LogP contribution in [0.25, 0.3) is 0 Å². The molecule has 0 aliphatic rings. The van der Waals surface area contributed by atoms with Crippen LogP contribution < -0.4 is 5.32 Å². The van der Waals surface area contributed by atoms with Gasteiger partial charge in [-0.25, -0.2) is 0 Å². The molecule has 0 aromatic heterocycles. The van der Waals surface area contributed by atoms with Crippen molar-refractivity contribution in [1.29, 1.82) is 0 Å². The summed E-state index contributed by atoms with van der Waals surface area (Å²) < 4.78 is 1.09. The molecule has 2 nitrogen and oxygen atoms in total. The fourth-order valence-electron chi connectivity index (χ4n) is 1.85. The van der Waals surface area contributed by atoms with E-state index in [2.05, 4.69) is 27.3 Å². The van der Waals surface area contributed by atoms with Gasteiger partial charge in [0.05, 0.1) is 12.6 Å². The highest BCUT2D eigenvalue weighted by Crippen LogP contribution is 2.18. The van der Waals surface area contributed by atoms with Crippen LogP contribution in [0.15, 0.2) is 59.1 Å². The molecule has 2 N–H and O–H groups in total. The van der Waals surface area contributed by atoms with Crippen LogP contribution >= 0.6 is 15.9 Å². The lowest BCUT2D eigenvalue weighted by Crippen LogP contribution is -2.24. The van der Waals surface area contributed by atoms with E-state index in [-0.39, 0.29) is 12.6 Å². The van der Waals surface area contributed by atoms with E-state index in [9.17, 15) is 5.11 Å². The van der Waals surface area contributed by atoms with Gasteiger partial charge < -0.3 is 10.4 Å². The predicted molar refractivity (Wildman–Crippen MR) is 77.3 cm³/mol. The van der Waals surface area contributed by atoms with E-state index in [4.69, 9.17) is 0 Å². The van der Waals surface area contributed by atoms with Gasteiger partial charge in [0, 0.05) is 11.0 Å². The number of rotatable bonds is 5. The van der Waals surface area contributed by atoms with Crippen molar-refractivity contribution in [2.75, 3.05) is 6.61 Å². The number of hydrogen-bond donors (Lipinski definition) is 2. The smallest absolute Gasteiger partial charge is 0.0626 e. The summed E-state index contributed by atoms with van der Waals surface area (Å²) in [7, 11) is 0. The molecule has 0 aliphatic heterocycles. The van der Waals surface area contributed by atoms with Gasteiger partial charge in [0.25, 0.3) is 0 Å². The summed E-state index contributed by atoms with van der Waals surface area (Å²) in [6.45, 7) is 0.815. The zero-order valence-electron chi connectivity index (χ0n) is 10.0. The normalized spacial score (nSPS) is 12.3. The lowest BCUT2D eigenvalue weighted by Gasteiger charge is -2.17. The van der Waals surface area contributed by atoms with Crippen LogP contribution in [0.4, 0.5) is 0 Å². The first kappa shape index (κ1) is 13.3. The number of nitrogens with one attached hydrogen (secondary N) is 1. The van der Waals surface area contributed by atoms with Gasteiger partial charge in [0.1, 0.15) is 0 Å². The molecule has 0 unspecified atom stereocenters. The summed E-state index contributed by atoms with van der Waals surface area (Å²) in [5.41, 5.74) is 2.29. The van der Waals surface area contributed by atoms with Crippen molar-refractivity contribution in [2.24, 2.45) is 0 Å². The van der Waals surface area contributed by atoms with Crippen molar-refractivity contribution in [3.05, 3.63) is 70.2 Å². The van der Waals surface area contributed by atoms with E-state index in [0.29, 0.717) is 0 Å². The molecule has 0 saturated carbocycles. The molecule has 94 valence electrons. The monoisotopic (exact) mass is 305 g/mol. The number of aliphatic hydroxyl groups is 1. The van der Waals surface area contributed by atoms with Crippen molar-refractivity contribution in [3.63, 3.8) is 0 Å². The maximum Gasteiger partial charge on any atom is 0.0626 e. The van der Waals surface area contributed by atoms with Crippen LogP contribution in [-0.2, 0) is 6.54 Å². The molecule has 1 atom stereocenters. The zero-order valence-corrected chi connectivity index (χ0v) is 11.6. The molecule has 0 aliphatic carbocycles. The predicted octanol–water partition coefficient (Wildman–Crippen LogP) is 3.27. The molecule has 0 heterocycles. The van der Waals surface area contributed by atoms with Crippen LogP contribution in [0.3, 0.4) is 0 Å². The Labute approximate surface area is 116 Å². The van der Waals surface area contributed by atoms with Crippen molar-refractivity contribution >= 4 is 15.9 Å². The summed E-state index contributed by atoms with van der Waals surface area (Å²) in [5.74, 6) is 0. The van der Waals surface area contributed by atoms with Gasteiger partial charge >= 0.3 is 0 Å². The number of hydrogen-bond acceptors (Lipinski definition) is 2. The second kappa shape index (κ2) is 6.69. The zero-order chi connectivity index (χ0) is 12.8. The van der Waals surface area contributed by atoms with Gasteiger partial charge in [-0.3, -0.25) is 0 Å². The Morgan fingerprint density at radius 1 is 1.00 bits per heavy atom. The molecule has 0 radical (unpaired) electrons. The number of benzene rings is 2. The first-order valence-corrected chi connectivity index (χ1v) is 6.73. The lowest BCUT2D eigenvalue weighted by atomic mass is 10.1. The van der Waals surface area contributed by atoms with Crippen LogP contribution in [0.2, 0.25) is 0 Å². The molecular weight excluding hydrogens is 290 g/mol. The van der Waals surface area contributed by atoms with Gasteiger partial charge in [-0.05, 0) is 17.2 Å². The van der Waals surface area contributed by atoms with Gasteiger partial charge in [0.2, 0.25) is 0 Å². The summed E-state index contributed by atoms with van der Waals surface area (Å²) in [6, 6.07) is 18.1. The van der Waals surface area contributed by atoms with E-state index in [0.717, 1.165) is 16.6 Å². The minimum atomic E-state index is -0.0293. The van der Waals surface area contributed by atoms with E-state index < -0.39 is 0 Å². The Morgan fingerprint density at radius 2 is 1.67 bits per heavy atom. The third-order valence-corrected chi connectivity index (χ3v) is 3.65. The molecule has 0 spiro atoms. The summed E-state index contributed by atoms with van der Waals surface area (Å²) in [4.78, 5) is 0. The van der Waals surface area contributed by atoms with E-state index in [1.807, 2.05) is 48.5 Å². The summed E-state index contributed by atoms with van der Waals surface area (Å²) >= 11 is 3.52. The molecule has 0 amide bonds.